The van der Waals surface area contributed by atoms with Crippen molar-refractivity contribution >= 4 is 47.5 Å². The SMILES string of the molecule is CCC(C)[C@@H](NC(=O)[C@H](CCCCN=O)NC(=O)CNC(=O)CNC(=O)[C@@H](CCCCN)NC(=O)[C@H](CC(C)C)NC(=O)OC(C)(C)C)C(=O)N[C@H](C(=O)O)C(C)C. The molecule has 6 atom stereocenters. The van der Waals surface area contributed by atoms with Crippen molar-refractivity contribution in [1.82, 2.24) is 37.2 Å². The van der Waals surface area contributed by atoms with E-state index in [9.17, 15) is 48.4 Å². The van der Waals surface area contributed by atoms with Gasteiger partial charge in [-0.05, 0) is 90.0 Å². The molecule has 332 valence electrons. The number of amides is 7. The number of alkyl carbamates (subject to hydrolysis) is 1. The molecule has 0 radical (unpaired) electrons. The lowest BCUT2D eigenvalue weighted by Gasteiger charge is -2.28. The van der Waals surface area contributed by atoms with E-state index < -0.39 is 108 Å². The summed E-state index contributed by atoms with van der Waals surface area (Å²) in [6.45, 7) is 14.7. The normalized spacial score (nSPS) is 14.4. The van der Waals surface area contributed by atoms with Crippen LogP contribution in [0.3, 0.4) is 0 Å². The van der Waals surface area contributed by atoms with Gasteiger partial charge in [0, 0.05) is 0 Å². The van der Waals surface area contributed by atoms with Gasteiger partial charge in [0.1, 0.15) is 35.8 Å². The third-order valence-electron chi connectivity index (χ3n) is 8.83. The summed E-state index contributed by atoms with van der Waals surface area (Å²) in [7, 11) is 0. The summed E-state index contributed by atoms with van der Waals surface area (Å²) in [5.74, 6) is -6.37. The minimum absolute atomic E-state index is 0.00294. The second-order valence-electron chi connectivity index (χ2n) is 16.1. The Kier molecular flexibility index (Phi) is 25.4. The van der Waals surface area contributed by atoms with Crippen LogP contribution < -0.4 is 43.0 Å². The Balaban J connectivity index is 5.68. The van der Waals surface area contributed by atoms with Gasteiger partial charge in [-0.1, -0.05) is 53.1 Å². The van der Waals surface area contributed by atoms with E-state index >= 15 is 0 Å². The number of ether oxygens (including phenoxy) is 1. The highest BCUT2D eigenvalue weighted by Gasteiger charge is 2.33. The Bertz CT molecular complexity index is 1370. The van der Waals surface area contributed by atoms with Crippen LogP contribution in [0.2, 0.25) is 0 Å². The third-order valence-corrected chi connectivity index (χ3v) is 8.83. The molecule has 0 aromatic rings. The highest BCUT2D eigenvalue weighted by atomic mass is 16.6. The number of aliphatic carboxylic acids is 1. The molecule has 0 spiro atoms. The van der Waals surface area contributed by atoms with Crippen molar-refractivity contribution in [3.8, 4) is 0 Å². The largest absolute Gasteiger partial charge is 0.480 e. The van der Waals surface area contributed by atoms with E-state index in [-0.39, 0.29) is 31.7 Å². The Labute approximate surface area is 341 Å². The van der Waals surface area contributed by atoms with Gasteiger partial charge in [0.25, 0.3) is 0 Å². The molecule has 0 rings (SSSR count). The first-order valence-corrected chi connectivity index (χ1v) is 20.0. The van der Waals surface area contributed by atoms with E-state index in [1.807, 2.05) is 13.8 Å². The summed E-state index contributed by atoms with van der Waals surface area (Å²) in [5.41, 5.74) is 4.81. The van der Waals surface area contributed by atoms with Crippen LogP contribution in [0.15, 0.2) is 5.18 Å². The van der Waals surface area contributed by atoms with Gasteiger partial charge in [-0.15, -0.1) is 0 Å². The predicted octanol–water partition coefficient (Wildman–Crippen LogP) is 0.950. The Morgan fingerprint density at radius 2 is 1.22 bits per heavy atom. The number of unbranched alkanes of at least 4 members (excludes halogenated alkanes) is 2. The van der Waals surface area contributed by atoms with Gasteiger partial charge >= 0.3 is 12.1 Å². The summed E-state index contributed by atoms with van der Waals surface area (Å²) >= 11 is 0. The lowest BCUT2D eigenvalue weighted by molar-refractivity contribution is -0.144. The smallest absolute Gasteiger partial charge is 0.408 e. The number of carboxylic acids is 1. The van der Waals surface area contributed by atoms with Gasteiger partial charge in [0.15, 0.2) is 0 Å². The molecule has 0 aromatic carbocycles. The van der Waals surface area contributed by atoms with Gasteiger partial charge < -0.3 is 52.8 Å². The molecule has 0 aromatic heterocycles. The van der Waals surface area contributed by atoms with E-state index in [2.05, 4.69) is 42.4 Å². The molecule has 0 saturated heterocycles. The van der Waals surface area contributed by atoms with Crippen LogP contribution >= 0.6 is 0 Å². The Hall–Kier alpha value is -4.88. The molecule has 20 nitrogen and oxygen atoms in total. The van der Waals surface area contributed by atoms with Gasteiger partial charge in [-0.2, -0.15) is 4.91 Å². The number of carbonyl (C=O) groups is 8. The molecule has 0 aliphatic carbocycles. The van der Waals surface area contributed by atoms with Gasteiger partial charge in [0.2, 0.25) is 35.4 Å². The maximum atomic E-state index is 13.5. The topological polar surface area (TPSA) is 306 Å². The number of rotatable bonds is 28. The maximum Gasteiger partial charge on any atom is 0.408 e. The zero-order chi connectivity index (χ0) is 44.6. The standard InChI is InChI=1S/C38H69N9O11/c1-10-24(6)31(35(53)46-30(23(4)5)36(54)55)47-33(51)26(16-12-14-18-42-57)43-29(49)21-40-28(48)20-41-32(50)25(15-11-13-17-39)44-34(52)27(19-22(2)3)45-37(56)58-38(7,8)9/h22-27,30-31H,10-21,39H2,1-9H3,(H,40,48)(H,41,50)(H,43,49)(H,44,52)(H,45,56)(H,46,53)(H,47,51)(H,54,55)/t24?,25-,26+,27+,30+,31-/m1/s1. The first-order chi connectivity index (χ1) is 27.1. The van der Waals surface area contributed by atoms with E-state index in [1.165, 1.54) is 0 Å². The van der Waals surface area contributed by atoms with Crippen LogP contribution in [0, 0.1) is 22.7 Å². The van der Waals surface area contributed by atoms with Crippen molar-refractivity contribution in [2.24, 2.45) is 28.7 Å². The van der Waals surface area contributed by atoms with E-state index in [0.29, 0.717) is 38.6 Å². The molecular formula is C38H69N9O11. The Morgan fingerprint density at radius 3 is 1.74 bits per heavy atom. The molecule has 0 aliphatic heterocycles. The van der Waals surface area contributed by atoms with Crippen LogP contribution in [0.25, 0.3) is 0 Å². The molecule has 0 saturated carbocycles. The summed E-state index contributed by atoms with van der Waals surface area (Å²) in [4.78, 5) is 114. The van der Waals surface area contributed by atoms with Crippen molar-refractivity contribution in [2.45, 2.75) is 149 Å². The average Bonchev–Trinajstić information content (AvgIpc) is 3.12. The third kappa shape index (κ3) is 22.8. The summed E-state index contributed by atoms with van der Waals surface area (Å²) < 4.78 is 5.30. The lowest BCUT2D eigenvalue weighted by Crippen LogP contribution is -2.58. The molecule has 0 heterocycles. The fraction of sp³-hybridized carbons (Fsp3) is 0.789. The molecular weight excluding hydrogens is 758 g/mol. The lowest BCUT2D eigenvalue weighted by atomic mass is 9.96. The first kappa shape index (κ1) is 53.1. The van der Waals surface area contributed by atoms with E-state index in [1.54, 1.807) is 48.5 Å². The number of carbonyl (C=O) groups excluding carboxylic acids is 7. The van der Waals surface area contributed by atoms with Crippen molar-refractivity contribution < 1.29 is 48.2 Å². The molecule has 10 N–H and O–H groups in total. The summed E-state index contributed by atoms with van der Waals surface area (Å²) in [6.07, 6.45) is 1.79. The van der Waals surface area contributed by atoms with E-state index in [0.717, 1.165) is 0 Å². The highest BCUT2D eigenvalue weighted by molar-refractivity contribution is 5.95. The number of hydrogen-bond donors (Lipinski definition) is 9. The number of hydrogen-bond acceptors (Lipinski definition) is 12. The number of nitrogens with zero attached hydrogens (tertiary/aromatic N) is 1. The molecule has 20 heteroatoms. The highest BCUT2D eigenvalue weighted by Crippen LogP contribution is 2.13. The van der Waals surface area contributed by atoms with Crippen LogP contribution in [-0.4, -0.2) is 115 Å². The summed E-state index contributed by atoms with van der Waals surface area (Å²) in [6, 6.07) is -5.63. The second kappa shape index (κ2) is 27.7. The molecule has 0 bridgehead atoms. The quantitative estimate of drug-likeness (QED) is 0.0394. The zero-order valence-electron chi connectivity index (χ0n) is 35.7. The number of nitrogens with two attached hydrogens (primary N) is 1. The minimum atomic E-state index is -1.23. The van der Waals surface area contributed by atoms with Gasteiger partial charge in [-0.3, -0.25) is 28.8 Å². The van der Waals surface area contributed by atoms with Crippen molar-refractivity contribution in [1.29, 1.82) is 0 Å². The number of nitroso groups, excluding NO2 is 1. The Morgan fingerprint density at radius 1 is 0.672 bits per heavy atom. The number of carboxylic acid groups (broad SMARTS) is 1. The van der Waals surface area contributed by atoms with Crippen molar-refractivity contribution in [2.75, 3.05) is 26.2 Å². The molecule has 1 unspecified atom stereocenters. The maximum absolute atomic E-state index is 13.5. The summed E-state index contributed by atoms with van der Waals surface area (Å²) in [5, 5.41) is 30.0. The molecule has 7 amide bonds. The van der Waals surface area contributed by atoms with Crippen molar-refractivity contribution in [3.05, 3.63) is 4.91 Å². The van der Waals surface area contributed by atoms with Crippen molar-refractivity contribution in [3.63, 3.8) is 0 Å². The monoisotopic (exact) mass is 828 g/mol. The van der Waals surface area contributed by atoms with Crippen LogP contribution in [-0.2, 0) is 38.3 Å². The molecule has 58 heavy (non-hydrogen) atoms. The second-order valence-corrected chi connectivity index (χ2v) is 16.1. The zero-order valence-corrected chi connectivity index (χ0v) is 35.7. The van der Waals surface area contributed by atoms with Crippen LogP contribution in [0.4, 0.5) is 4.79 Å². The number of nitrogens with one attached hydrogen (secondary N) is 7. The first-order valence-electron chi connectivity index (χ1n) is 20.0. The fourth-order valence-corrected chi connectivity index (χ4v) is 5.47. The van der Waals surface area contributed by atoms with E-state index in [4.69, 9.17) is 10.5 Å². The van der Waals surface area contributed by atoms with Gasteiger partial charge in [0.05, 0.1) is 19.6 Å². The minimum Gasteiger partial charge on any atom is -0.480 e. The predicted molar refractivity (Wildman–Crippen MR) is 216 cm³/mol. The molecule has 0 aliphatic rings. The van der Waals surface area contributed by atoms with Crippen LogP contribution in [0.1, 0.15) is 114 Å². The van der Waals surface area contributed by atoms with Gasteiger partial charge in [-0.25, -0.2) is 9.59 Å². The average molecular weight is 828 g/mol. The van der Waals surface area contributed by atoms with Crippen LogP contribution in [0.5, 0.6) is 0 Å². The fourth-order valence-electron chi connectivity index (χ4n) is 5.47. The molecule has 0 fully saturated rings.